The SMILES string of the molecule is COc1ccc2c3c1OC1C(O)CCC4C(C2)N(C)CC[C@@]341. The molecule has 4 nitrogen and oxygen atoms in total. The van der Waals surface area contributed by atoms with E-state index in [4.69, 9.17) is 9.47 Å². The number of aliphatic hydroxyl groups excluding tert-OH is 1. The zero-order valence-electron chi connectivity index (χ0n) is 13.2. The van der Waals surface area contributed by atoms with Gasteiger partial charge in [-0.1, -0.05) is 6.07 Å². The molecule has 2 bridgehead atoms. The second kappa shape index (κ2) is 4.18. The maximum Gasteiger partial charge on any atom is 0.165 e. The van der Waals surface area contributed by atoms with Crippen molar-refractivity contribution in [1.29, 1.82) is 0 Å². The Morgan fingerprint density at radius 1 is 1.36 bits per heavy atom. The summed E-state index contributed by atoms with van der Waals surface area (Å²) in [6.07, 6.45) is 3.69. The highest BCUT2D eigenvalue weighted by Gasteiger charge is 2.65. The van der Waals surface area contributed by atoms with Gasteiger partial charge in [0.2, 0.25) is 0 Å². The molecule has 118 valence electrons. The number of hydrogen-bond donors (Lipinski definition) is 1. The van der Waals surface area contributed by atoms with Gasteiger partial charge in [0.1, 0.15) is 6.10 Å². The third-order valence-electron chi connectivity index (χ3n) is 6.77. The van der Waals surface area contributed by atoms with E-state index >= 15 is 0 Å². The Kier molecular flexibility index (Phi) is 2.51. The number of benzene rings is 1. The summed E-state index contributed by atoms with van der Waals surface area (Å²) in [5.74, 6) is 2.34. The van der Waals surface area contributed by atoms with E-state index < -0.39 is 0 Å². The van der Waals surface area contributed by atoms with E-state index in [1.54, 1.807) is 7.11 Å². The van der Waals surface area contributed by atoms with Gasteiger partial charge in [-0.15, -0.1) is 0 Å². The van der Waals surface area contributed by atoms with Crippen molar-refractivity contribution in [1.82, 2.24) is 4.90 Å². The Morgan fingerprint density at radius 2 is 2.23 bits per heavy atom. The number of likely N-dealkylation sites (tertiary alicyclic amines) is 1. The summed E-state index contributed by atoms with van der Waals surface area (Å²) < 4.78 is 11.9. The van der Waals surface area contributed by atoms with Crippen LogP contribution in [0.15, 0.2) is 12.1 Å². The zero-order valence-corrected chi connectivity index (χ0v) is 13.2. The third kappa shape index (κ3) is 1.32. The van der Waals surface area contributed by atoms with Gasteiger partial charge in [0.05, 0.1) is 13.2 Å². The highest BCUT2D eigenvalue weighted by atomic mass is 16.5. The smallest absolute Gasteiger partial charge is 0.165 e. The highest BCUT2D eigenvalue weighted by Crippen LogP contribution is 2.63. The van der Waals surface area contributed by atoms with Gasteiger partial charge in [0, 0.05) is 17.0 Å². The van der Waals surface area contributed by atoms with Crippen LogP contribution < -0.4 is 9.47 Å². The van der Waals surface area contributed by atoms with Crippen LogP contribution >= 0.6 is 0 Å². The molecule has 0 amide bonds. The van der Waals surface area contributed by atoms with Crippen molar-refractivity contribution >= 4 is 0 Å². The largest absolute Gasteiger partial charge is 0.493 e. The number of likely N-dealkylation sites (N-methyl/N-ethyl adjacent to an activating group) is 1. The van der Waals surface area contributed by atoms with Crippen molar-refractivity contribution in [3.63, 3.8) is 0 Å². The molecular formula is C18H23NO3. The van der Waals surface area contributed by atoms with Crippen molar-refractivity contribution in [2.45, 2.75) is 49.3 Å². The molecule has 4 aliphatic rings. The summed E-state index contributed by atoms with van der Waals surface area (Å²) in [4.78, 5) is 2.52. The second-order valence-electron chi connectivity index (χ2n) is 7.46. The molecule has 22 heavy (non-hydrogen) atoms. The van der Waals surface area contributed by atoms with Crippen LogP contribution in [0.25, 0.3) is 0 Å². The minimum absolute atomic E-state index is 0.00625. The lowest BCUT2D eigenvalue weighted by Crippen LogP contribution is -2.66. The molecule has 2 heterocycles. The average Bonchev–Trinajstić information content (AvgIpc) is 2.88. The molecule has 2 aliphatic heterocycles. The topological polar surface area (TPSA) is 41.9 Å². The van der Waals surface area contributed by atoms with Gasteiger partial charge in [-0.2, -0.15) is 0 Å². The van der Waals surface area contributed by atoms with Crippen molar-refractivity contribution in [2.75, 3.05) is 20.7 Å². The minimum Gasteiger partial charge on any atom is -0.493 e. The van der Waals surface area contributed by atoms with Gasteiger partial charge >= 0.3 is 0 Å². The van der Waals surface area contributed by atoms with Crippen LogP contribution in [0.2, 0.25) is 0 Å². The van der Waals surface area contributed by atoms with E-state index in [9.17, 15) is 5.11 Å². The molecule has 0 radical (unpaired) electrons. The average molecular weight is 301 g/mol. The molecule has 4 unspecified atom stereocenters. The Hall–Kier alpha value is -1.26. The second-order valence-corrected chi connectivity index (χ2v) is 7.46. The fourth-order valence-electron chi connectivity index (χ4n) is 5.86. The summed E-state index contributed by atoms with van der Waals surface area (Å²) in [6.45, 7) is 1.09. The van der Waals surface area contributed by atoms with E-state index in [-0.39, 0.29) is 17.6 Å². The fraction of sp³-hybridized carbons (Fsp3) is 0.667. The van der Waals surface area contributed by atoms with Crippen LogP contribution in [0.4, 0.5) is 0 Å². The lowest BCUT2D eigenvalue weighted by molar-refractivity contribution is -0.0993. The molecule has 2 aliphatic carbocycles. The summed E-state index contributed by atoms with van der Waals surface area (Å²) in [6, 6.07) is 4.83. The molecule has 5 rings (SSSR count). The summed E-state index contributed by atoms with van der Waals surface area (Å²) in [5, 5.41) is 10.6. The fourth-order valence-corrected chi connectivity index (χ4v) is 5.86. The predicted octanol–water partition coefficient (Wildman–Crippen LogP) is 1.73. The molecule has 5 atom stereocenters. The van der Waals surface area contributed by atoms with E-state index in [0.717, 1.165) is 43.7 Å². The Labute approximate surface area is 131 Å². The van der Waals surface area contributed by atoms with Gasteiger partial charge < -0.3 is 19.5 Å². The summed E-state index contributed by atoms with van der Waals surface area (Å²) in [7, 11) is 3.96. The predicted molar refractivity (Wildman–Crippen MR) is 82.6 cm³/mol. The van der Waals surface area contributed by atoms with Crippen LogP contribution in [0.3, 0.4) is 0 Å². The lowest BCUT2D eigenvalue weighted by atomic mass is 9.51. The molecule has 1 saturated carbocycles. The number of ether oxygens (including phenoxy) is 2. The molecule has 2 fully saturated rings. The Bertz CT molecular complexity index is 645. The van der Waals surface area contributed by atoms with Crippen molar-refractivity contribution in [3.8, 4) is 11.5 Å². The van der Waals surface area contributed by atoms with Crippen LogP contribution in [0.5, 0.6) is 11.5 Å². The number of piperidine rings is 1. The molecular weight excluding hydrogens is 278 g/mol. The Morgan fingerprint density at radius 3 is 3.05 bits per heavy atom. The maximum atomic E-state index is 10.6. The van der Waals surface area contributed by atoms with Crippen LogP contribution in [-0.4, -0.2) is 49.0 Å². The monoisotopic (exact) mass is 301 g/mol. The quantitative estimate of drug-likeness (QED) is 0.858. The van der Waals surface area contributed by atoms with E-state index in [1.165, 1.54) is 11.1 Å². The van der Waals surface area contributed by atoms with E-state index in [0.29, 0.717) is 12.0 Å². The normalized spacial score (nSPS) is 41.8. The zero-order chi connectivity index (χ0) is 15.1. The molecule has 4 heteroatoms. The molecule has 1 aromatic rings. The number of hydrogen-bond acceptors (Lipinski definition) is 4. The maximum absolute atomic E-state index is 10.6. The van der Waals surface area contributed by atoms with Gasteiger partial charge in [-0.25, -0.2) is 0 Å². The lowest BCUT2D eigenvalue weighted by Gasteiger charge is -2.58. The van der Waals surface area contributed by atoms with E-state index in [1.807, 2.05) is 6.07 Å². The number of nitrogens with zero attached hydrogens (tertiary/aromatic N) is 1. The van der Waals surface area contributed by atoms with Crippen LogP contribution in [0, 0.1) is 5.92 Å². The third-order valence-corrected chi connectivity index (χ3v) is 6.77. The Balaban J connectivity index is 1.80. The van der Waals surface area contributed by atoms with Gasteiger partial charge in [-0.3, -0.25) is 0 Å². The van der Waals surface area contributed by atoms with Gasteiger partial charge in [0.15, 0.2) is 11.5 Å². The first-order valence-corrected chi connectivity index (χ1v) is 8.42. The molecule has 1 spiro atoms. The first kappa shape index (κ1) is 13.2. The van der Waals surface area contributed by atoms with Crippen molar-refractivity contribution in [2.24, 2.45) is 5.92 Å². The molecule has 1 saturated heterocycles. The first-order valence-electron chi connectivity index (χ1n) is 8.42. The highest BCUT2D eigenvalue weighted by molar-refractivity contribution is 5.61. The van der Waals surface area contributed by atoms with Gasteiger partial charge in [0.25, 0.3) is 0 Å². The minimum atomic E-state index is -0.358. The van der Waals surface area contributed by atoms with Crippen molar-refractivity contribution in [3.05, 3.63) is 23.3 Å². The standard InChI is InChI=1S/C18H23NO3/c1-19-8-7-18-11-4-5-13(20)17(18)22-16-14(21-2)6-3-10(15(16)18)9-12(11)19/h3,6,11-13,17,20H,4-5,7-9H2,1-2H3/t11?,12?,13?,17?,18-/m0/s1. The van der Waals surface area contributed by atoms with Crippen LogP contribution in [0.1, 0.15) is 30.4 Å². The number of methoxy groups -OCH3 is 1. The van der Waals surface area contributed by atoms with Crippen molar-refractivity contribution < 1.29 is 14.6 Å². The number of aliphatic hydroxyl groups is 1. The first-order chi connectivity index (χ1) is 10.7. The van der Waals surface area contributed by atoms with E-state index in [2.05, 4.69) is 18.0 Å². The number of rotatable bonds is 1. The summed E-state index contributed by atoms with van der Waals surface area (Å²) in [5.41, 5.74) is 2.77. The molecule has 1 N–H and O–H groups in total. The molecule has 0 aromatic heterocycles. The van der Waals surface area contributed by atoms with Crippen LogP contribution in [-0.2, 0) is 11.8 Å². The van der Waals surface area contributed by atoms with Gasteiger partial charge in [-0.05, 0) is 56.8 Å². The summed E-state index contributed by atoms with van der Waals surface area (Å²) >= 11 is 0. The molecule has 1 aromatic carbocycles.